The monoisotopic (exact) mass is 304 g/mol. The molecule has 4 nitrogen and oxygen atoms in total. The highest BCUT2D eigenvalue weighted by Gasteiger charge is 2.13. The van der Waals surface area contributed by atoms with E-state index in [-0.39, 0.29) is 0 Å². The minimum Gasteiger partial charge on any atom is -0.355 e. The minimum absolute atomic E-state index is 0.703. The van der Waals surface area contributed by atoms with Gasteiger partial charge in [0.05, 0.1) is 5.39 Å². The van der Waals surface area contributed by atoms with Crippen LogP contribution >= 0.6 is 22.7 Å². The van der Waals surface area contributed by atoms with Crippen molar-refractivity contribution >= 4 is 44.7 Å². The van der Waals surface area contributed by atoms with Crippen LogP contribution in [0.5, 0.6) is 0 Å². The first-order valence-electron chi connectivity index (χ1n) is 6.49. The third-order valence-corrected chi connectivity index (χ3v) is 4.54. The number of nitrogens with zero attached hydrogens (tertiary/aromatic N) is 3. The van der Waals surface area contributed by atoms with E-state index in [4.69, 9.17) is 0 Å². The van der Waals surface area contributed by atoms with E-state index < -0.39 is 0 Å². The first-order chi connectivity index (χ1) is 9.78. The Labute approximate surface area is 126 Å². The maximum Gasteiger partial charge on any atom is 0.226 e. The van der Waals surface area contributed by atoms with Gasteiger partial charge in [0, 0.05) is 20.1 Å². The zero-order valence-electron chi connectivity index (χ0n) is 11.5. The van der Waals surface area contributed by atoms with Gasteiger partial charge < -0.3 is 10.2 Å². The van der Waals surface area contributed by atoms with Crippen molar-refractivity contribution in [1.29, 1.82) is 0 Å². The molecule has 3 aromatic heterocycles. The van der Waals surface area contributed by atoms with Crippen molar-refractivity contribution in [3.05, 3.63) is 33.8 Å². The molecule has 3 aromatic rings. The maximum atomic E-state index is 4.66. The molecule has 0 aromatic carbocycles. The third kappa shape index (κ3) is 2.62. The SMILES string of the molecule is CCNc1nc(N(C)Cc2ccsc2)c2ccsc2n1. The summed E-state index contributed by atoms with van der Waals surface area (Å²) in [7, 11) is 2.08. The van der Waals surface area contributed by atoms with Gasteiger partial charge in [-0.3, -0.25) is 0 Å². The molecule has 1 N–H and O–H groups in total. The van der Waals surface area contributed by atoms with Crippen LogP contribution in [0.4, 0.5) is 11.8 Å². The molecule has 3 rings (SSSR count). The summed E-state index contributed by atoms with van der Waals surface area (Å²) in [5, 5.41) is 10.7. The number of aromatic nitrogens is 2. The Morgan fingerprint density at radius 1 is 1.25 bits per heavy atom. The summed E-state index contributed by atoms with van der Waals surface area (Å²) < 4.78 is 0. The summed E-state index contributed by atoms with van der Waals surface area (Å²) in [5.41, 5.74) is 1.31. The molecular weight excluding hydrogens is 288 g/mol. The molecule has 0 saturated heterocycles. The number of thiophene rings is 2. The molecule has 0 saturated carbocycles. The third-order valence-electron chi connectivity index (χ3n) is 3.00. The highest BCUT2D eigenvalue weighted by Crippen LogP contribution is 2.29. The van der Waals surface area contributed by atoms with Crippen LogP contribution < -0.4 is 10.2 Å². The Bertz CT molecular complexity index is 690. The Morgan fingerprint density at radius 2 is 2.15 bits per heavy atom. The second kappa shape index (κ2) is 5.76. The van der Waals surface area contributed by atoms with Gasteiger partial charge >= 0.3 is 0 Å². The fraction of sp³-hybridized carbons (Fsp3) is 0.286. The lowest BCUT2D eigenvalue weighted by molar-refractivity contribution is 0.904. The van der Waals surface area contributed by atoms with Crippen LogP contribution in [-0.4, -0.2) is 23.6 Å². The molecule has 0 atom stereocenters. The van der Waals surface area contributed by atoms with E-state index in [2.05, 4.69) is 62.4 Å². The summed E-state index contributed by atoms with van der Waals surface area (Å²) in [5.74, 6) is 1.69. The van der Waals surface area contributed by atoms with Gasteiger partial charge in [0.25, 0.3) is 0 Å². The summed E-state index contributed by atoms with van der Waals surface area (Å²) in [6, 6.07) is 4.24. The molecule has 3 heterocycles. The van der Waals surface area contributed by atoms with Crippen LogP contribution in [0.3, 0.4) is 0 Å². The molecule has 0 aliphatic heterocycles. The largest absolute Gasteiger partial charge is 0.355 e. The first-order valence-corrected chi connectivity index (χ1v) is 8.31. The maximum absolute atomic E-state index is 4.66. The molecular formula is C14H16N4S2. The molecule has 0 amide bonds. The number of anilines is 2. The van der Waals surface area contributed by atoms with Crippen LogP contribution in [-0.2, 0) is 6.54 Å². The molecule has 0 spiro atoms. The number of nitrogens with one attached hydrogen (secondary N) is 1. The van der Waals surface area contributed by atoms with Crippen LogP contribution in [0, 0.1) is 0 Å². The van der Waals surface area contributed by atoms with Crippen LogP contribution in [0.2, 0.25) is 0 Å². The van der Waals surface area contributed by atoms with Crippen molar-refractivity contribution in [3.63, 3.8) is 0 Å². The topological polar surface area (TPSA) is 41.1 Å². The standard InChI is InChI=1S/C14H16N4S2/c1-3-15-14-16-12(11-5-7-20-13(11)17-14)18(2)8-10-4-6-19-9-10/h4-7,9H,3,8H2,1-2H3,(H,15,16,17). The lowest BCUT2D eigenvalue weighted by Gasteiger charge is -2.19. The van der Waals surface area contributed by atoms with Gasteiger partial charge in [0.2, 0.25) is 5.95 Å². The molecule has 0 unspecified atom stereocenters. The van der Waals surface area contributed by atoms with Gasteiger partial charge in [-0.15, -0.1) is 11.3 Å². The van der Waals surface area contributed by atoms with E-state index in [0.717, 1.165) is 29.1 Å². The predicted octanol–water partition coefficient (Wildman–Crippen LogP) is 3.82. The fourth-order valence-electron chi connectivity index (χ4n) is 2.10. The van der Waals surface area contributed by atoms with E-state index in [9.17, 15) is 0 Å². The lowest BCUT2D eigenvalue weighted by atomic mass is 10.3. The first kappa shape index (κ1) is 13.3. The lowest BCUT2D eigenvalue weighted by Crippen LogP contribution is -2.18. The van der Waals surface area contributed by atoms with Crippen LogP contribution in [0.15, 0.2) is 28.3 Å². The van der Waals surface area contributed by atoms with Gasteiger partial charge in [-0.2, -0.15) is 16.3 Å². The van der Waals surface area contributed by atoms with Crippen molar-refractivity contribution in [1.82, 2.24) is 9.97 Å². The predicted molar refractivity (Wildman–Crippen MR) is 88.0 cm³/mol. The van der Waals surface area contributed by atoms with Gasteiger partial charge in [-0.05, 0) is 40.8 Å². The number of fused-ring (bicyclic) bond motifs is 1. The summed E-state index contributed by atoms with van der Waals surface area (Å²) in [6.07, 6.45) is 0. The van der Waals surface area contributed by atoms with Crippen molar-refractivity contribution in [3.8, 4) is 0 Å². The second-order valence-electron chi connectivity index (χ2n) is 4.53. The van der Waals surface area contributed by atoms with E-state index in [0.29, 0.717) is 5.95 Å². The molecule has 20 heavy (non-hydrogen) atoms. The van der Waals surface area contributed by atoms with E-state index in [1.54, 1.807) is 22.7 Å². The van der Waals surface area contributed by atoms with Crippen molar-refractivity contribution in [2.75, 3.05) is 23.8 Å². The normalized spacial score (nSPS) is 10.9. The number of hydrogen-bond acceptors (Lipinski definition) is 6. The zero-order chi connectivity index (χ0) is 13.9. The van der Waals surface area contributed by atoms with Gasteiger partial charge in [0.1, 0.15) is 10.6 Å². The van der Waals surface area contributed by atoms with Crippen molar-refractivity contribution in [2.24, 2.45) is 0 Å². The minimum atomic E-state index is 0.703. The zero-order valence-corrected chi connectivity index (χ0v) is 13.1. The Hall–Kier alpha value is -1.66. The van der Waals surface area contributed by atoms with Crippen molar-refractivity contribution in [2.45, 2.75) is 13.5 Å². The molecule has 0 fully saturated rings. The summed E-state index contributed by atoms with van der Waals surface area (Å²) in [6.45, 7) is 3.73. The average Bonchev–Trinajstić information content (AvgIpc) is 3.08. The summed E-state index contributed by atoms with van der Waals surface area (Å²) >= 11 is 3.37. The van der Waals surface area contributed by atoms with Crippen LogP contribution in [0.25, 0.3) is 10.2 Å². The quantitative estimate of drug-likeness (QED) is 0.778. The van der Waals surface area contributed by atoms with Crippen molar-refractivity contribution < 1.29 is 0 Å². The van der Waals surface area contributed by atoms with Gasteiger partial charge in [0.15, 0.2) is 0 Å². The molecule has 0 radical (unpaired) electrons. The van der Waals surface area contributed by atoms with Gasteiger partial charge in [-0.25, -0.2) is 4.98 Å². The number of hydrogen-bond donors (Lipinski definition) is 1. The van der Waals surface area contributed by atoms with E-state index in [1.165, 1.54) is 5.56 Å². The number of rotatable bonds is 5. The summed E-state index contributed by atoms with van der Waals surface area (Å²) in [4.78, 5) is 12.4. The Kier molecular flexibility index (Phi) is 3.84. The molecule has 104 valence electrons. The smallest absolute Gasteiger partial charge is 0.226 e. The average molecular weight is 304 g/mol. The van der Waals surface area contributed by atoms with Crippen LogP contribution in [0.1, 0.15) is 12.5 Å². The van der Waals surface area contributed by atoms with Gasteiger partial charge in [-0.1, -0.05) is 0 Å². The van der Waals surface area contributed by atoms with E-state index in [1.807, 2.05) is 0 Å². The second-order valence-corrected chi connectivity index (χ2v) is 6.20. The highest BCUT2D eigenvalue weighted by atomic mass is 32.1. The Morgan fingerprint density at radius 3 is 2.90 bits per heavy atom. The molecule has 0 bridgehead atoms. The Balaban J connectivity index is 1.97. The fourth-order valence-corrected chi connectivity index (χ4v) is 3.52. The molecule has 0 aliphatic rings. The highest BCUT2D eigenvalue weighted by molar-refractivity contribution is 7.16. The molecule has 6 heteroatoms. The molecule has 0 aliphatic carbocycles. The van der Waals surface area contributed by atoms with E-state index >= 15 is 0 Å².